The minimum Gasteiger partial charge on any atom is -0.478 e. The Bertz CT molecular complexity index is 784. The summed E-state index contributed by atoms with van der Waals surface area (Å²) in [5.74, 6) is -2.02. The maximum absolute atomic E-state index is 13.3. The van der Waals surface area contributed by atoms with Gasteiger partial charge in [0.25, 0.3) is 11.2 Å². The van der Waals surface area contributed by atoms with E-state index < -0.39 is 28.0 Å². The van der Waals surface area contributed by atoms with Crippen molar-refractivity contribution in [3.8, 4) is 0 Å². The number of aromatic carboxylic acids is 1. The minimum absolute atomic E-state index is 0.111. The Hall–Kier alpha value is -3.03. The second kappa shape index (κ2) is 5.53. The number of aromatic nitrogens is 1. The van der Waals surface area contributed by atoms with E-state index in [4.69, 9.17) is 5.11 Å². The lowest BCUT2D eigenvalue weighted by molar-refractivity contribution is -0.385. The molecule has 7 nitrogen and oxygen atoms in total. The third-order valence-corrected chi connectivity index (χ3v) is 2.74. The molecule has 21 heavy (non-hydrogen) atoms. The van der Waals surface area contributed by atoms with Crippen molar-refractivity contribution in [3.63, 3.8) is 0 Å². The van der Waals surface area contributed by atoms with Gasteiger partial charge in [0, 0.05) is 18.3 Å². The van der Waals surface area contributed by atoms with Gasteiger partial charge in [0.05, 0.1) is 23.1 Å². The number of carboxylic acids is 1. The van der Waals surface area contributed by atoms with E-state index in [9.17, 15) is 24.1 Å². The van der Waals surface area contributed by atoms with Crippen molar-refractivity contribution in [2.75, 3.05) is 0 Å². The second-order valence-corrected chi connectivity index (χ2v) is 4.26. The Morgan fingerprint density at radius 2 is 2.05 bits per heavy atom. The van der Waals surface area contributed by atoms with Gasteiger partial charge in [0.2, 0.25) is 0 Å². The number of pyridine rings is 1. The summed E-state index contributed by atoms with van der Waals surface area (Å²) < 4.78 is 14.4. The average Bonchev–Trinajstić information content (AvgIpc) is 2.40. The van der Waals surface area contributed by atoms with Crippen LogP contribution >= 0.6 is 0 Å². The van der Waals surface area contributed by atoms with Crippen LogP contribution in [-0.4, -0.2) is 20.6 Å². The highest BCUT2D eigenvalue weighted by Crippen LogP contribution is 2.17. The molecule has 0 spiro atoms. The topological polar surface area (TPSA) is 102 Å². The van der Waals surface area contributed by atoms with Crippen LogP contribution in [0.15, 0.2) is 41.3 Å². The van der Waals surface area contributed by atoms with Crippen molar-refractivity contribution < 1.29 is 19.2 Å². The summed E-state index contributed by atoms with van der Waals surface area (Å²) in [5, 5.41) is 19.5. The maximum Gasteiger partial charge on any atom is 0.337 e. The number of nitrogens with zero attached hydrogens (tertiary/aromatic N) is 2. The molecule has 0 aliphatic carbocycles. The SMILES string of the molecule is O=C(O)c1ccc(=O)n(Cc2cc(F)cc([N+](=O)[O-])c2)c1. The first-order valence-corrected chi connectivity index (χ1v) is 5.74. The predicted molar refractivity (Wildman–Crippen MR) is 69.8 cm³/mol. The van der Waals surface area contributed by atoms with E-state index in [1.54, 1.807) is 0 Å². The summed E-state index contributed by atoms with van der Waals surface area (Å²) in [7, 11) is 0. The third kappa shape index (κ3) is 3.30. The van der Waals surface area contributed by atoms with Crippen molar-refractivity contribution in [3.05, 3.63) is 73.9 Å². The lowest BCUT2D eigenvalue weighted by Crippen LogP contribution is -2.20. The molecule has 8 heteroatoms. The van der Waals surface area contributed by atoms with Gasteiger partial charge in [-0.3, -0.25) is 14.9 Å². The number of non-ortho nitro benzene ring substituents is 1. The van der Waals surface area contributed by atoms with Gasteiger partial charge in [-0.1, -0.05) is 0 Å². The van der Waals surface area contributed by atoms with Crippen LogP contribution in [0.1, 0.15) is 15.9 Å². The molecule has 0 amide bonds. The Kier molecular flexibility index (Phi) is 3.79. The number of hydrogen-bond donors (Lipinski definition) is 1. The highest BCUT2D eigenvalue weighted by atomic mass is 19.1. The van der Waals surface area contributed by atoms with E-state index in [0.717, 1.165) is 41.1 Å². The molecule has 108 valence electrons. The smallest absolute Gasteiger partial charge is 0.337 e. The molecule has 1 aromatic carbocycles. The molecule has 0 saturated heterocycles. The van der Waals surface area contributed by atoms with Gasteiger partial charge in [0.15, 0.2) is 0 Å². The predicted octanol–water partition coefficient (Wildman–Crippen LogP) is 1.64. The zero-order valence-corrected chi connectivity index (χ0v) is 10.5. The summed E-state index contributed by atoms with van der Waals surface area (Å²) in [4.78, 5) is 32.4. The first kappa shape index (κ1) is 14.4. The summed E-state index contributed by atoms with van der Waals surface area (Å²) in [6.45, 7) is -0.168. The number of nitro groups is 1. The fourth-order valence-corrected chi connectivity index (χ4v) is 1.81. The van der Waals surface area contributed by atoms with Gasteiger partial charge in [0.1, 0.15) is 5.82 Å². The molecule has 1 heterocycles. The molecule has 0 bridgehead atoms. The van der Waals surface area contributed by atoms with Gasteiger partial charge in [-0.05, 0) is 17.7 Å². The van der Waals surface area contributed by atoms with Crippen LogP contribution in [0.2, 0.25) is 0 Å². The number of hydrogen-bond acceptors (Lipinski definition) is 4. The maximum atomic E-state index is 13.3. The van der Waals surface area contributed by atoms with Crippen molar-refractivity contribution in [2.24, 2.45) is 0 Å². The normalized spacial score (nSPS) is 10.3. The Labute approximate surface area is 117 Å². The molecular weight excluding hydrogens is 283 g/mol. The van der Waals surface area contributed by atoms with Gasteiger partial charge >= 0.3 is 5.97 Å². The molecule has 0 aliphatic rings. The molecule has 0 saturated carbocycles. The van der Waals surface area contributed by atoms with E-state index >= 15 is 0 Å². The van der Waals surface area contributed by atoms with Crippen LogP contribution in [0.25, 0.3) is 0 Å². The van der Waals surface area contributed by atoms with E-state index in [1.165, 1.54) is 0 Å². The summed E-state index contributed by atoms with van der Waals surface area (Å²) in [5.41, 5.74) is -0.855. The number of halogens is 1. The van der Waals surface area contributed by atoms with Gasteiger partial charge in [-0.2, -0.15) is 0 Å². The zero-order chi connectivity index (χ0) is 15.6. The Balaban J connectivity index is 2.42. The lowest BCUT2D eigenvalue weighted by Gasteiger charge is -2.07. The van der Waals surface area contributed by atoms with Crippen LogP contribution in [0.5, 0.6) is 0 Å². The van der Waals surface area contributed by atoms with Crippen molar-refractivity contribution in [2.45, 2.75) is 6.54 Å². The van der Waals surface area contributed by atoms with E-state index in [1.807, 2.05) is 0 Å². The first-order valence-electron chi connectivity index (χ1n) is 5.74. The zero-order valence-electron chi connectivity index (χ0n) is 10.5. The largest absolute Gasteiger partial charge is 0.478 e. The van der Waals surface area contributed by atoms with Gasteiger partial charge in [-0.25, -0.2) is 9.18 Å². The lowest BCUT2D eigenvalue weighted by atomic mass is 10.2. The summed E-state index contributed by atoms with van der Waals surface area (Å²) in [6.07, 6.45) is 1.10. The number of carboxylic acid groups (broad SMARTS) is 1. The standard InChI is InChI=1S/C13H9FN2O5/c14-10-3-8(4-11(5-10)16(20)21)6-15-7-9(13(18)19)1-2-12(15)17/h1-5,7H,6H2,(H,18,19). The molecule has 0 radical (unpaired) electrons. The van der Waals surface area contributed by atoms with Crippen LogP contribution in [-0.2, 0) is 6.54 Å². The molecule has 2 aromatic rings. The second-order valence-electron chi connectivity index (χ2n) is 4.26. The van der Waals surface area contributed by atoms with E-state index in [-0.39, 0.29) is 17.7 Å². The van der Waals surface area contributed by atoms with Crippen LogP contribution < -0.4 is 5.56 Å². The number of rotatable bonds is 4. The number of benzene rings is 1. The summed E-state index contributed by atoms with van der Waals surface area (Å²) >= 11 is 0. The molecule has 0 aliphatic heterocycles. The van der Waals surface area contributed by atoms with E-state index in [2.05, 4.69) is 0 Å². The monoisotopic (exact) mass is 292 g/mol. The fraction of sp³-hybridized carbons (Fsp3) is 0.0769. The fourth-order valence-electron chi connectivity index (χ4n) is 1.81. The van der Waals surface area contributed by atoms with Gasteiger partial charge in [-0.15, -0.1) is 0 Å². The van der Waals surface area contributed by atoms with Crippen LogP contribution in [0.4, 0.5) is 10.1 Å². The first-order chi connectivity index (χ1) is 9.86. The molecule has 1 aromatic heterocycles. The summed E-state index contributed by atoms with van der Waals surface area (Å²) in [6, 6.07) is 5.15. The molecule has 0 fully saturated rings. The third-order valence-electron chi connectivity index (χ3n) is 2.74. The Morgan fingerprint density at radius 3 is 2.67 bits per heavy atom. The van der Waals surface area contributed by atoms with Crippen LogP contribution in [0, 0.1) is 15.9 Å². The van der Waals surface area contributed by atoms with Crippen molar-refractivity contribution >= 4 is 11.7 Å². The minimum atomic E-state index is -1.21. The van der Waals surface area contributed by atoms with Crippen LogP contribution in [0.3, 0.4) is 0 Å². The molecular formula is C13H9FN2O5. The number of carbonyl (C=O) groups is 1. The average molecular weight is 292 g/mol. The van der Waals surface area contributed by atoms with Crippen molar-refractivity contribution in [1.82, 2.24) is 4.57 Å². The highest BCUT2D eigenvalue weighted by Gasteiger charge is 2.11. The highest BCUT2D eigenvalue weighted by molar-refractivity contribution is 5.87. The quantitative estimate of drug-likeness (QED) is 0.681. The Morgan fingerprint density at radius 1 is 1.33 bits per heavy atom. The van der Waals surface area contributed by atoms with Crippen molar-refractivity contribution in [1.29, 1.82) is 0 Å². The van der Waals surface area contributed by atoms with Gasteiger partial charge < -0.3 is 9.67 Å². The molecule has 0 atom stereocenters. The number of nitro benzene ring substituents is 1. The molecule has 1 N–H and O–H groups in total. The van der Waals surface area contributed by atoms with E-state index in [0.29, 0.717) is 0 Å². The molecule has 0 unspecified atom stereocenters. The molecule has 2 rings (SSSR count).